The first-order valence-electron chi connectivity index (χ1n) is 11.8. The third-order valence-corrected chi connectivity index (χ3v) is 7.34. The Labute approximate surface area is 224 Å². The predicted octanol–water partition coefficient (Wildman–Crippen LogP) is 6.27. The number of furan rings is 1. The van der Waals surface area contributed by atoms with Gasteiger partial charge in [-0.3, -0.25) is 9.78 Å². The molecule has 1 aliphatic rings. The molecule has 0 aliphatic carbocycles. The third-order valence-electron chi connectivity index (χ3n) is 6.06. The molecule has 5 rings (SSSR count). The number of carbonyl (C=O) groups is 1. The molecule has 0 saturated carbocycles. The average molecular weight is 533 g/mol. The van der Waals surface area contributed by atoms with Gasteiger partial charge in [0.15, 0.2) is 10.2 Å². The monoisotopic (exact) mass is 532 g/mol. The van der Waals surface area contributed by atoms with Crippen molar-refractivity contribution < 1.29 is 13.6 Å². The van der Waals surface area contributed by atoms with E-state index in [1.807, 2.05) is 35.2 Å². The number of para-hydroxylation sites is 1. The van der Waals surface area contributed by atoms with Crippen molar-refractivity contribution in [1.82, 2.24) is 15.2 Å². The van der Waals surface area contributed by atoms with Crippen LogP contribution in [-0.2, 0) is 4.79 Å². The van der Waals surface area contributed by atoms with Gasteiger partial charge in [0, 0.05) is 24.1 Å². The second-order valence-electron chi connectivity index (χ2n) is 8.67. The second-order valence-corrected chi connectivity index (χ2v) is 10.1. The van der Waals surface area contributed by atoms with E-state index in [9.17, 15) is 9.18 Å². The molecule has 3 heterocycles. The number of nitrogens with zero attached hydrogens (tertiary/aromatic N) is 2. The quantitative estimate of drug-likeness (QED) is 0.259. The number of pyridine rings is 1. The normalized spacial score (nSPS) is 17.0. The molecule has 9 heteroatoms. The van der Waals surface area contributed by atoms with Gasteiger partial charge >= 0.3 is 0 Å². The number of amides is 1. The summed E-state index contributed by atoms with van der Waals surface area (Å²) in [5, 5.41) is 7.25. The lowest BCUT2D eigenvalue weighted by molar-refractivity contribution is -0.116. The van der Waals surface area contributed by atoms with Crippen LogP contribution in [0.25, 0.3) is 0 Å². The molecule has 2 unspecified atom stereocenters. The highest BCUT2D eigenvalue weighted by molar-refractivity contribution is 7.99. The Balaban J connectivity index is 1.36. The predicted molar refractivity (Wildman–Crippen MR) is 146 cm³/mol. The molecule has 4 aromatic rings. The Hall–Kier alpha value is -3.69. The molecule has 2 aromatic carbocycles. The smallest absolute Gasteiger partial charge is 0.226 e. The molecule has 1 fully saturated rings. The standard InChI is InChI=1S/C28H25FN4O2S2/c1-18-9-11-19(12-10-18)37-25-14-13-23(35-25)27-26(22-8-4-5-16-30-22)32-28(36)33(27)17-15-24(34)31-21-7-3-2-6-20(21)29/h2-14,16,26-27H,15,17H2,1H3,(H,31,34)(H,32,36). The Kier molecular flexibility index (Phi) is 7.52. The van der Waals surface area contributed by atoms with Crippen molar-refractivity contribution in [2.24, 2.45) is 0 Å². The van der Waals surface area contributed by atoms with Gasteiger partial charge in [-0.05, 0) is 67.7 Å². The van der Waals surface area contributed by atoms with E-state index in [1.54, 1.807) is 30.1 Å². The highest BCUT2D eigenvalue weighted by atomic mass is 32.2. The number of halogens is 1. The number of benzene rings is 2. The highest BCUT2D eigenvalue weighted by Crippen LogP contribution is 2.41. The van der Waals surface area contributed by atoms with Gasteiger partial charge < -0.3 is 20.0 Å². The summed E-state index contributed by atoms with van der Waals surface area (Å²) in [5.41, 5.74) is 2.17. The Bertz CT molecular complexity index is 1390. The Morgan fingerprint density at radius 3 is 2.65 bits per heavy atom. The maximum Gasteiger partial charge on any atom is 0.226 e. The Morgan fingerprint density at radius 2 is 1.89 bits per heavy atom. The number of anilines is 1. The molecular weight excluding hydrogens is 507 g/mol. The fraction of sp³-hybridized carbons (Fsp3) is 0.179. The van der Waals surface area contributed by atoms with Crippen LogP contribution in [0.2, 0.25) is 0 Å². The summed E-state index contributed by atoms with van der Waals surface area (Å²) in [6, 6.07) is 23.4. The molecule has 2 atom stereocenters. The minimum absolute atomic E-state index is 0.118. The van der Waals surface area contributed by atoms with Crippen molar-refractivity contribution in [3.63, 3.8) is 0 Å². The van der Waals surface area contributed by atoms with Crippen molar-refractivity contribution >= 4 is 40.7 Å². The van der Waals surface area contributed by atoms with E-state index in [1.165, 1.54) is 17.7 Å². The van der Waals surface area contributed by atoms with Gasteiger partial charge in [0.25, 0.3) is 0 Å². The van der Waals surface area contributed by atoms with Crippen molar-refractivity contribution in [1.29, 1.82) is 0 Å². The maximum atomic E-state index is 14.0. The van der Waals surface area contributed by atoms with Gasteiger partial charge in [-0.2, -0.15) is 0 Å². The van der Waals surface area contributed by atoms with E-state index >= 15 is 0 Å². The van der Waals surface area contributed by atoms with E-state index in [0.29, 0.717) is 17.4 Å². The molecule has 1 amide bonds. The van der Waals surface area contributed by atoms with Crippen LogP contribution < -0.4 is 10.6 Å². The first-order chi connectivity index (χ1) is 18.0. The molecule has 0 bridgehead atoms. The molecule has 1 aliphatic heterocycles. The van der Waals surface area contributed by atoms with Crippen LogP contribution in [0, 0.1) is 12.7 Å². The van der Waals surface area contributed by atoms with Gasteiger partial charge in [-0.25, -0.2) is 4.39 Å². The SMILES string of the molecule is Cc1ccc(Sc2ccc(C3C(c4ccccn4)NC(=S)N3CCC(=O)Nc3ccccc3F)o2)cc1. The van der Waals surface area contributed by atoms with Crippen LogP contribution in [-0.4, -0.2) is 27.4 Å². The molecule has 188 valence electrons. The topological polar surface area (TPSA) is 70.4 Å². The molecule has 2 aromatic heterocycles. The van der Waals surface area contributed by atoms with Crippen LogP contribution in [0.15, 0.2) is 99.5 Å². The summed E-state index contributed by atoms with van der Waals surface area (Å²) in [6.07, 6.45) is 1.86. The maximum absolute atomic E-state index is 14.0. The number of thiocarbonyl (C=S) groups is 1. The van der Waals surface area contributed by atoms with Crippen LogP contribution in [0.3, 0.4) is 0 Å². The van der Waals surface area contributed by atoms with Crippen molar-refractivity contribution in [3.8, 4) is 0 Å². The number of rotatable bonds is 8. The summed E-state index contributed by atoms with van der Waals surface area (Å²) in [4.78, 5) is 20.2. The van der Waals surface area contributed by atoms with E-state index in [4.69, 9.17) is 16.6 Å². The van der Waals surface area contributed by atoms with Crippen LogP contribution in [0.4, 0.5) is 10.1 Å². The van der Waals surface area contributed by atoms with Gasteiger partial charge in [-0.1, -0.05) is 47.7 Å². The first kappa shape index (κ1) is 25.0. The second kappa shape index (κ2) is 11.1. The summed E-state index contributed by atoms with van der Waals surface area (Å²) >= 11 is 7.21. The minimum atomic E-state index is -0.475. The zero-order chi connectivity index (χ0) is 25.8. The van der Waals surface area contributed by atoms with Crippen LogP contribution in [0.5, 0.6) is 0 Å². The van der Waals surface area contributed by atoms with Gasteiger partial charge in [-0.15, -0.1) is 0 Å². The summed E-state index contributed by atoms with van der Waals surface area (Å²) in [7, 11) is 0. The minimum Gasteiger partial charge on any atom is -0.452 e. The number of hydrogen-bond donors (Lipinski definition) is 2. The largest absolute Gasteiger partial charge is 0.452 e. The van der Waals surface area contributed by atoms with E-state index in [0.717, 1.165) is 15.7 Å². The molecule has 0 radical (unpaired) electrons. The fourth-order valence-corrected chi connectivity index (χ4v) is 5.33. The Morgan fingerprint density at radius 1 is 1.11 bits per heavy atom. The lowest BCUT2D eigenvalue weighted by Gasteiger charge is -2.25. The molecule has 6 nitrogen and oxygen atoms in total. The molecule has 37 heavy (non-hydrogen) atoms. The number of aryl methyl sites for hydroxylation is 1. The van der Waals surface area contributed by atoms with E-state index < -0.39 is 5.82 Å². The number of carbonyl (C=O) groups excluding carboxylic acids is 1. The number of aromatic nitrogens is 1. The average Bonchev–Trinajstić information content (AvgIpc) is 3.49. The molecule has 0 spiro atoms. The van der Waals surface area contributed by atoms with Crippen LogP contribution in [0.1, 0.15) is 35.5 Å². The lowest BCUT2D eigenvalue weighted by Crippen LogP contribution is -2.32. The third kappa shape index (κ3) is 5.84. The summed E-state index contributed by atoms with van der Waals surface area (Å²) < 4.78 is 20.3. The van der Waals surface area contributed by atoms with Gasteiger partial charge in [0.1, 0.15) is 17.6 Å². The van der Waals surface area contributed by atoms with Gasteiger partial charge in [0.2, 0.25) is 5.91 Å². The van der Waals surface area contributed by atoms with E-state index in [2.05, 4.69) is 46.8 Å². The number of nitrogens with one attached hydrogen (secondary N) is 2. The summed E-state index contributed by atoms with van der Waals surface area (Å²) in [6.45, 7) is 2.37. The lowest BCUT2D eigenvalue weighted by atomic mass is 10.0. The molecule has 2 N–H and O–H groups in total. The first-order valence-corrected chi connectivity index (χ1v) is 13.1. The zero-order valence-electron chi connectivity index (χ0n) is 20.1. The highest BCUT2D eigenvalue weighted by Gasteiger charge is 2.41. The molecule has 1 saturated heterocycles. The molecular formula is C28H25FN4O2S2. The summed E-state index contributed by atoms with van der Waals surface area (Å²) in [5.74, 6) is -0.0633. The zero-order valence-corrected chi connectivity index (χ0v) is 21.7. The van der Waals surface area contributed by atoms with E-state index in [-0.39, 0.29) is 30.1 Å². The van der Waals surface area contributed by atoms with Crippen molar-refractivity contribution in [3.05, 3.63) is 108 Å². The number of hydrogen-bond acceptors (Lipinski definition) is 5. The van der Waals surface area contributed by atoms with Crippen molar-refractivity contribution in [2.75, 3.05) is 11.9 Å². The van der Waals surface area contributed by atoms with Crippen LogP contribution >= 0.6 is 24.0 Å². The van der Waals surface area contributed by atoms with Gasteiger partial charge in [0.05, 0.1) is 17.4 Å². The van der Waals surface area contributed by atoms with Crippen molar-refractivity contribution in [2.45, 2.75) is 35.4 Å². The fourth-order valence-electron chi connectivity index (χ4n) is 4.22.